The zero-order valence-electron chi connectivity index (χ0n) is 8.60. The number of fused-ring (bicyclic) bond motifs is 3. The standard InChI is InChI=1S/C13H13NO/c1-13-7-3-2-4-11(13)10-6-5-9(14)8-12(10)15-13/h2-8,11H,14H2,1H3. The van der Waals surface area contributed by atoms with E-state index < -0.39 is 0 Å². The van der Waals surface area contributed by atoms with Crippen molar-refractivity contribution in [2.45, 2.75) is 18.4 Å². The second kappa shape index (κ2) is 2.66. The van der Waals surface area contributed by atoms with Crippen LogP contribution in [0.1, 0.15) is 18.4 Å². The van der Waals surface area contributed by atoms with E-state index in [2.05, 4.69) is 31.2 Å². The number of anilines is 1. The average molecular weight is 199 g/mol. The zero-order chi connectivity index (χ0) is 10.5. The molecule has 0 radical (unpaired) electrons. The van der Waals surface area contributed by atoms with Crippen LogP contribution in [0, 0.1) is 0 Å². The Balaban J connectivity index is 2.16. The SMILES string of the molecule is CC12C=CC=CC1c1ccc(N)cc1O2. The van der Waals surface area contributed by atoms with E-state index in [1.54, 1.807) is 0 Å². The number of benzene rings is 1. The summed E-state index contributed by atoms with van der Waals surface area (Å²) in [7, 11) is 0. The number of hydrogen-bond donors (Lipinski definition) is 1. The molecule has 1 aliphatic carbocycles. The highest BCUT2D eigenvalue weighted by Gasteiger charge is 2.42. The molecule has 2 nitrogen and oxygen atoms in total. The summed E-state index contributed by atoms with van der Waals surface area (Å²) in [6, 6.07) is 5.89. The summed E-state index contributed by atoms with van der Waals surface area (Å²) in [6.07, 6.45) is 8.39. The smallest absolute Gasteiger partial charge is 0.135 e. The lowest BCUT2D eigenvalue weighted by atomic mass is 9.82. The minimum Gasteiger partial charge on any atom is -0.482 e. The number of nitrogens with two attached hydrogens (primary N) is 1. The molecule has 0 aromatic heterocycles. The molecule has 0 bridgehead atoms. The topological polar surface area (TPSA) is 35.2 Å². The van der Waals surface area contributed by atoms with Gasteiger partial charge in [-0.15, -0.1) is 0 Å². The van der Waals surface area contributed by atoms with Crippen molar-refractivity contribution in [2.75, 3.05) is 5.73 Å². The van der Waals surface area contributed by atoms with Crippen molar-refractivity contribution < 1.29 is 4.74 Å². The molecule has 1 aliphatic heterocycles. The molecule has 1 aromatic carbocycles. The predicted octanol–water partition coefficient (Wildman–Crippen LogP) is 2.63. The Morgan fingerprint density at radius 3 is 3.07 bits per heavy atom. The monoisotopic (exact) mass is 199 g/mol. The largest absolute Gasteiger partial charge is 0.482 e. The number of ether oxygens (including phenoxy) is 1. The van der Waals surface area contributed by atoms with E-state index in [1.165, 1.54) is 5.56 Å². The highest BCUT2D eigenvalue weighted by atomic mass is 16.5. The van der Waals surface area contributed by atoms with Gasteiger partial charge in [0.15, 0.2) is 0 Å². The van der Waals surface area contributed by atoms with Crippen LogP contribution in [-0.4, -0.2) is 5.60 Å². The molecule has 0 spiro atoms. The van der Waals surface area contributed by atoms with Crippen molar-refractivity contribution in [1.29, 1.82) is 0 Å². The van der Waals surface area contributed by atoms with Gasteiger partial charge in [0, 0.05) is 23.2 Å². The summed E-state index contributed by atoms with van der Waals surface area (Å²) >= 11 is 0. The second-order valence-corrected chi connectivity index (χ2v) is 4.30. The van der Waals surface area contributed by atoms with Gasteiger partial charge in [-0.05, 0) is 19.1 Å². The van der Waals surface area contributed by atoms with E-state index in [4.69, 9.17) is 10.5 Å². The molecule has 2 N–H and O–H groups in total. The first kappa shape index (κ1) is 8.60. The maximum Gasteiger partial charge on any atom is 0.135 e. The Bertz CT molecular complexity index is 475. The third kappa shape index (κ3) is 1.11. The minimum absolute atomic E-state index is 0.231. The molecule has 0 amide bonds. The number of rotatable bonds is 0. The van der Waals surface area contributed by atoms with E-state index in [0.717, 1.165) is 11.4 Å². The molecule has 76 valence electrons. The van der Waals surface area contributed by atoms with Gasteiger partial charge in [0.05, 0.1) is 0 Å². The van der Waals surface area contributed by atoms with Gasteiger partial charge >= 0.3 is 0 Å². The molecule has 2 heteroatoms. The lowest BCUT2D eigenvalue weighted by Gasteiger charge is -2.27. The molecule has 1 aromatic rings. The van der Waals surface area contributed by atoms with Gasteiger partial charge in [-0.1, -0.05) is 24.3 Å². The van der Waals surface area contributed by atoms with Gasteiger partial charge in [-0.25, -0.2) is 0 Å². The third-order valence-electron chi connectivity index (χ3n) is 3.16. The van der Waals surface area contributed by atoms with Gasteiger partial charge < -0.3 is 10.5 Å². The van der Waals surface area contributed by atoms with Gasteiger partial charge in [-0.2, -0.15) is 0 Å². The number of allylic oxidation sites excluding steroid dienone is 2. The van der Waals surface area contributed by atoms with E-state index in [0.29, 0.717) is 5.92 Å². The Morgan fingerprint density at radius 1 is 1.33 bits per heavy atom. The quantitative estimate of drug-likeness (QED) is 0.652. The van der Waals surface area contributed by atoms with Crippen LogP contribution < -0.4 is 10.5 Å². The summed E-state index contributed by atoms with van der Waals surface area (Å²) in [5.74, 6) is 1.23. The molecule has 2 aliphatic rings. The summed E-state index contributed by atoms with van der Waals surface area (Å²) in [5, 5.41) is 0. The summed E-state index contributed by atoms with van der Waals surface area (Å²) in [5.41, 5.74) is 7.50. The van der Waals surface area contributed by atoms with Crippen LogP contribution in [0.4, 0.5) is 5.69 Å². The Hall–Kier alpha value is -1.70. The second-order valence-electron chi connectivity index (χ2n) is 4.30. The normalized spacial score (nSPS) is 30.9. The van der Waals surface area contributed by atoms with E-state index in [-0.39, 0.29) is 5.60 Å². The summed E-state index contributed by atoms with van der Waals surface area (Å²) < 4.78 is 5.96. The van der Waals surface area contributed by atoms with Crippen molar-refractivity contribution >= 4 is 5.69 Å². The van der Waals surface area contributed by atoms with Gasteiger partial charge in [0.1, 0.15) is 11.4 Å². The maximum absolute atomic E-state index is 5.96. The average Bonchev–Trinajstić information content (AvgIpc) is 2.48. The van der Waals surface area contributed by atoms with Crippen LogP contribution in [0.15, 0.2) is 42.5 Å². The van der Waals surface area contributed by atoms with Crippen molar-refractivity contribution in [3.05, 3.63) is 48.1 Å². The number of hydrogen-bond acceptors (Lipinski definition) is 2. The van der Waals surface area contributed by atoms with Crippen molar-refractivity contribution in [1.82, 2.24) is 0 Å². The molecule has 2 unspecified atom stereocenters. The molecule has 0 saturated heterocycles. The Morgan fingerprint density at radius 2 is 2.20 bits per heavy atom. The predicted molar refractivity (Wildman–Crippen MR) is 60.9 cm³/mol. The highest BCUT2D eigenvalue weighted by molar-refractivity contribution is 5.56. The summed E-state index contributed by atoms with van der Waals surface area (Å²) in [6.45, 7) is 2.11. The van der Waals surface area contributed by atoms with Crippen LogP contribution in [0.25, 0.3) is 0 Å². The lowest BCUT2D eigenvalue weighted by Crippen LogP contribution is -2.32. The minimum atomic E-state index is -0.231. The van der Waals surface area contributed by atoms with Crippen LogP contribution >= 0.6 is 0 Å². The molecular weight excluding hydrogens is 186 g/mol. The van der Waals surface area contributed by atoms with Gasteiger partial charge in [0.25, 0.3) is 0 Å². The van der Waals surface area contributed by atoms with Crippen molar-refractivity contribution in [3.8, 4) is 5.75 Å². The molecule has 2 atom stereocenters. The molecule has 0 fully saturated rings. The molecule has 3 rings (SSSR count). The lowest BCUT2D eigenvalue weighted by molar-refractivity contribution is 0.155. The highest BCUT2D eigenvalue weighted by Crippen LogP contribution is 2.48. The molecule has 1 heterocycles. The van der Waals surface area contributed by atoms with E-state index in [1.807, 2.05) is 18.2 Å². The van der Waals surface area contributed by atoms with Crippen LogP contribution in [-0.2, 0) is 0 Å². The zero-order valence-corrected chi connectivity index (χ0v) is 8.60. The summed E-state index contributed by atoms with van der Waals surface area (Å²) in [4.78, 5) is 0. The fourth-order valence-corrected chi connectivity index (χ4v) is 2.36. The van der Waals surface area contributed by atoms with Crippen LogP contribution in [0.5, 0.6) is 5.75 Å². The Kier molecular flexibility index (Phi) is 1.52. The van der Waals surface area contributed by atoms with Gasteiger partial charge in [0.2, 0.25) is 0 Å². The molecule has 0 saturated carbocycles. The van der Waals surface area contributed by atoms with Crippen LogP contribution in [0.3, 0.4) is 0 Å². The maximum atomic E-state index is 5.96. The molecular formula is C13H13NO. The van der Waals surface area contributed by atoms with E-state index >= 15 is 0 Å². The first-order valence-electron chi connectivity index (χ1n) is 5.13. The Labute approximate surface area is 89.0 Å². The first-order chi connectivity index (χ1) is 7.19. The van der Waals surface area contributed by atoms with Crippen molar-refractivity contribution in [3.63, 3.8) is 0 Å². The molecule has 15 heavy (non-hydrogen) atoms. The van der Waals surface area contributed by atoms with Crippen LogP contribution in [0.2, 0.25) is 0 Å². The van der Waals surface area contributed by atoms with Gasteiger partial charge in [-0.3, -0.25) is 0 Å². The fourth-order valence-electron chi connectivity index (χ4n) is 2.36. The van der Waals surface area contributed by atoms with Crippen molar-refractivity contribution in [2.24, 2.45) is 0 Å². The van der Waals surface area contributed by atoms with E-state index in [9.17, 15) is 0 Å². The first-order valence-corrected chi connectivity index (χ1v) is 5.13. The number of nitrogen functional groups attached to an aromatic ring is 1. The fraction of sp³-hybridized carbons (Fsp3) is 0.231. The third-order valence-corrected chi connectivity index (χ3v) is 3.16.